The van der Waals surface area contributed by atoms with Gasteiger partial charge in [0.05, 0.1) is 12.0 Å². The fourth-order valence-corrected chi connectivity index (χ4v) is 6.01. The zero-order valence-electron chi connectivity index (χ0n) is 18.4. The SMILES string of the molecule is COc1ccc2c(c1)SC(CCCN1CCC(c3ccccc3)CC1)(C(=O)O)C(O)CO2. The van der Waals surface area contributed by atoms with E-state index in [-0.39, 0.29) is 6.61 Å². The van der Waals surface area contributed by atoms with Gasteiger partial charge >= 0.3 is 5.97 Å². The number of hydrogen-bond donors (Lipinski definition) is 2. The Balaban J connectivity index is 1.38. The highest BCUT2D eigenvalue weighted by molar-refractivity contribution is 8.01. The number of carboxylic acids is 1. The van der Waals surface area contributed by atoms with Gasteiger partial charge in [-0.2, -0.15) is 0 Å². The number of aliphatic carboxylic acids is 1. The van der Waals surface area contributed by atoms with Crippen LogP contribution in [0.25, 0.3) is 0 Å². The van der Waals surface area contributed by atoms with E-state index >= 15 is 0 Å². The smallest absolute Gasteiger partial charge is 0.322 e. The Morgan fingerprint density at radius 1 is 1.22 bits per heavy atom. The minimum atomic E-state index is -1.35. The van der Waals surface area contributed by atoms with Crippen LogP contribution < -0.4 is 9.47 Å². The zero-order valence-corrected chi connectivity index (χ0v) is 19.2. The molecule has 1 fully saturated rings. The first-order chi connectivity index (χ1) is 15.5. The fraction of sp³-hybridized carbons (Fsp3) is 0.480. The number of hydrogen-bond acceptors (Lipinski definition) is 6. The van der Waals surface area contributed by atoms with E-state index in [0.29, 0.717) is 35.2 Å². The summed E-state index contributed by atoms with van der Waals surface area (Å²) < 4.78 is 9.66. The van der Waals surface area contributed by atoms with Crippen LogP contribution in [-0.4, -0.2) is 65.3 Å². The third kappa shape index (κ3) is 4.90. The first-order valence-corrected chi connectivity index (χ1v) is 12.0. The molecule has 2 atom stereocenters. The predicted octanol–water partition coefficient (Wildman–Crippen LogP) is 4.02. The van der Waals surface area contributed by atoms with Crippen molar-refractivity contribution in [2.24, 2.45) is 0 Å². The topological polar surface area (TPSA) is 79.2 Å². The molecule has 2 heterocycles. The number of likely N-dealkylation sites (tertiary alicyclic amines) is 1. The Morgan fingerprint density at radius 3 is 2.66 bits per heavy atom. The van der Waals surface area contributed by atoms with Crippen molar-refractivity contribution in [1.82, 2.24) is 4.90 Å². The molecule has 1 saturated heterocycles. The van der Waals surface area contributed by atoms with Crippen molar-refractivity contribution in [1.29, 1.82) is 0 Å². The van der Waals surface area contributed by atoms with Crippen LogP contribution in [0.3, 0.4) is 0 Å². The number of thioether (sulfide) groups is 1. The average Bonchev–Trinajstić information content (AvgIpc) is 2.96. The molecule has 4 rings (SSSR count). The monoisotopic (exact) mass is 457 g/mol. The lowest BCUT2D eigenvalue weighted by molar-refractivity contribution is -0.144. The molecule has 2 aromatic rings. The quantitative estimate of drug-likeness (QED) is 0.650. The van der Waals surface area contributed by atoms with Gasteiger partial charge in [-0.25, -0.2) is 0 Å². The molecule has 2 aliphatic rings. The third-order valence-corrected chi connectivity index (χ3v) is 8.18. The molecule has 2 aliphatic heterocycles. The van der Waals surface area contributed by atoms with Crippen LogP contribution in [0.2, 0.25) is 0 Å². The maximum Gasteiger partial charge on any atom is 0.322 e. The van der Waals surface area contributed by atoms with Gasteiger partial charge in [-0.05, 0) is 75.0 Å². The second kappa shape index (κ2) is 10.1. The van der Waals surface area contributed by atoms with E-state index in [4.69, 9.17) is 9.47 Å². The van der Waals surface area contributed by atoms with E-state index in [0.717, 1.165) is 32.5 Å². The van der Waals surface area contributed by atoms with E-state index < -0.39 is 16.8 Å². The van der Waals surface area contributed by atoms with Gasteiger partial charge in [0.25, 0.3) is 0 Å². The molecule has 32 heavy (non-hydrogen) atoms. The van der Waals surface area contributed by atoms with Gasteiger partial charge in [0.1, 0.15) is 29.0 Å². The molecule has 7 heteroatoms. The van der Waals surface area contributed by atoms with Crippen molar-refractivity contribution in [2.75, 3.05) is 33.4 Å². The summed E-state index contributed by atoms with van der Waals surface area (Å²) in [5.41, 5.74) is 1.41. The molecule has 2 aromatic carbocycles. The number of fused-ring (bicyclic) bond motifs is 1. The minimum absolute atomic E-state index is 0.0406. The van der Waals surface area contributed by atoms with Gasteiger partial charge < -0.3 is 24.6 Å². The molecule has 2 N–H and O–H groups in total. The summed E-state index contributed by atoms with van der Waals surface area (Å²) >= 11 is 1.18. The normalized spacial score (nSPS) is 24.2. The zero-order chi connectivity index (χ0) is 22.6. The number of aliphatic hydroxyl groups is 1. The van der Waals surface area contributed by atoms with Gasteiger partial charge in [-0.3, -0.25) is 4.79 Å². The molecular formula is C25H31NO5S. The van der Waals surface area contributed by atoms with Crippen molar-refractivity contribution < 1.29 is 24.5 Å². The minimum Gasteiger partial charge on any atom is -0.497 e. The molecule has 0 saturated carbocycles. The molecule has 0 spiro atoms. The molecule has 0 bridgehead atoms. The van der Waals surface area contributed by atoms with Crippen LogP contribution in [-0.2, 0) is 4.79 Å². The number of carbonyl (C=O) groups is 1. The van der Waals surface area contributed by atoms with Crippen molar-refractivity contribution in [3.63, 3.8) is 0 Å². The molecule has 172 valence electrons. The van der Waals surface area contributed by atoms with Crippen LogP contribution >= 0.6 is 11.8 Å². The molecule has 2 unspecified atom stereocenters. The van der Waals surface area contributed by atoms with Crippen LogP contribution in [0.1, 0.15) is 37.2 Å². The molecule has 6 nitrogen and oxygen atoms in total. The summed E-state index contributed by atoms with van der Waals surface area (Å²) in [6, 6.07) is 16.0. The van der Waals surface area contributed by atoms with Crippen LogP contribution in [0.5, 0.6) is 11.5 Å². The van der Waals surface area contributed by atoms with Crippen molar-refractivity contribution in [3.05, 3.63) is 54.1 Å². The Bertz CT molecular complexity index is 916. The van der Waals surface area contributed by atoms with Gasteiger partial charge in [-0.15, -0.1) is 11.8 Å². The highest BCUT2D eigenvalue weighted by atomic mass is 32.2. The van der Waals surface area contributed by atoms with E-state index in [1.165, 1.54) is 17.3 Å². The lowest BCUT2D eigenvalue weighted by atomic mass is 9.89. The maximum absolute atomic E-state index is 12.4. The molecule has 0 aromatic heterocycles. The lowest BCUT2D eigenvalue weighted by Crippen LogP contribution is -2.49. The van der Waals surface area contributed by atoms with E-state index in [9.17, 15) is 15.0 Å². The standard InChI is InChI=1S/C25H31NO5S/c1-30-20-8-9-21-22(16-20)32-25(24(28)29,23(27)17-31-21)12-5-13-26-14-10-19(11-15-26)18-6-3-2-4-7-18/h2-4,6-9,16,19,23,27H,5,10-15,17H2,1H3,(H,28,29). The lowest BCUT2D eigenvalue weighted by Gasteiger charge is -2.34. The van der Waals surface area contributed by atoms with Gasteiger partial charge in [0.15, 0.2) is 0 Å². The Morgan fingerprint density at radius 2 is 1.97 bits per heavy atom. The highest BCUT2D eigenvalue weighted by Crippen LogP contribution is 2.47. The number of aliphatic hydroxyl groups excluding tert-OH is 1. The fourth-order valence-electron chi connectivity index (χ4n) is 4.67. The first-order valence-electron chi connectivity index (χ1n) is 11.2. The Hall–Kier alpha value is -2.22. The molecule has 0 radical (unpaired) electrons. The van der Waals surface area contributed by atoms with E-state index in [1.807, 2.05) is 0 Å². The maximum atomic E-state index is 12.4. The number of methoxy groups -OCH3 is 1. The number of benzene rings is 2. The van der Waals surface area contributed by atoms with Gasteiger partial charge in [0, 0.05) is 0 Å². The molecule has 0 aliphatic carbocycles. The number of piperidine rings is 1. The summed E-state index contributed by atoms with van der Waals surface area (Å²) in [6.45, 7) is 2.81. The number of carboxylic acid groups (broad SMARTS) is 1. The van der Waals surface area contributed by atoms with Crippen molar-refractivity contribution in [3.8, 4) is 11.5 Å². The van der Waals surface area contributed by atoms with Crippen molar-refractivity contribution in [2.45, 2.75) is 47.3 Å². The summed E-state index contributed by atoms with van der Waals surface area (Å²) in [7, 11) is 1.57. The number of rotatable bonds is 7. The van der Waals surface area contributed by atoms with Crippen LogP contribution in [0.15, 0.2) is 53.4 Å². The van der Waals surface area contributed by atoms with Crippen LogP contribution in [0, 0.1) is 0 Å². The van der Waals surface area contributed by atoms with Crippen LogP contribution in [0.4, 0.5) is 0 Å². The third-order valence-electron chi connectivity index (χ3n) is 6.62. The average molecular weight is 458 g/mol. The Labute approximate surface area is 193 Å². The summed E-state index contributed by atoms with van der Waals surface area (Å²) in [5.74, 6) is 0.815. The second-order valence-corrected chi connectivity index (χ2v) is 9.94. The van der Waals surface area contributed by atoms with E-state index in [1.54, 1.807) is 25.3 Å². The molecule has 0 amide bonds. The second-order valence-electron chi connectivity index (χ2n) is 8.57. The van der Waals surface area contributed by atoms with Crippen molar-refractivity contribution >= 4 is 17.7 Å². The summed E-state index contributed by atoms with van der Waals surface area (Å²) in [6.07, 6.45) is 2.20. The largest absolute Gasteiger partial charge is 0.497 e. The predicted molar refractivity (Wildman–Crippen MR) is 125 cm³/mol. The first kappa shape index (κ1) is 23.0. The van der Waals surface area contributed by atoms with Gasteiger partial charge in [0.2, 0.25) is 0 Å². The Kier molecular flexibility index (Phi) is 7.28. The highest BCUT2D eigenvalue weighted by Gasteiger charge is 2.48. The summed E-state index contributed by atoms with van der Waals surface area (Å²) in [5, 5.41) is 20.9. The molecular weight excluding hydrogens is 426 g/mol. The van der Waals surface area contributed by atoms with Gasteiger partial charge in [-0.1, -0.05) is 30.3 Å². The van der Waals surface area contributed by atoms with E-state index in [2.05, 4.69) is 35.2 Å². The summed E-state index contributed by atoms with van der Waals surface area (Å²) in [4.78, 5) is 15.5. The number of ether oxygens (including phenoxy) is 2. The number of nitrogens with zero attached hydrogens (tertiary/aromatic N) is 1.